The second-order valence-corrected chi connectivity index (χ2v) is 7.00. The number of nitrogens with zero attached hydrogens (tertiary/aromatic N) is 3. The van der Waals surface area contributed by atoms with Crippen LogP contribution >= 0.6 is 11.8 Å². The van der Waals surface area contributed by atoms with Crippen molar-refractivity contribution >= 4 is 40.3 Å². The van der Waals surface area contributed by atoms with E-state index in [0.29, 0.717) is 41.2 Å². The molecular weight excluding hydrogens is 390 g/mol. The predicted molar refractivity (Wildman–Crippen MR) is 115 cm³/mol. The summed E-state index contributed by atoms with van der Waals surface area (Å²) in [5.74, 6) is 0.638. The van der Waals surface area contributed by atoms with Gasteiger partial charge in [0.2, 0.25) is 22.9 Å². The average Bonchev–Trinajstić information content (AvgIpc) is 2.73. The van der Waals surface area contributed by atoms with E-state index in [9.17, 15) is 9.59 Å². The summed E-state index contributed by atoms with van der Waals surface area (Å²) in [5, 5.41) is 9.47. The van der Waals surface area contributed by atoms with Crippen LogP contribution in [0.25, 0.3) is 0 Å². The zero-order chi connectivity index (χ0) is 20.6. The molecule has 150 valence electrons. The van der Waals surface area contributed by atoms with Crippen LogP contribution in [0.3, 0.4) is 0 Å². The van der Waals surface area contributed by atoms with Crippen LogP contribution in [0.1, 0.15) is 17.3 Å². The SMILES string of the molecule is CCN1CC(Oc2ccccc2)=NC(SCC(=O)Nc2ccc(C(N)=O)cc2)=N1. The summed E-state index contributed by atoms with van der Waals surface area (Å²) in [5.41, 5.74) is 6.17. The summed E-state index contributed by atoms with van der Waals surface area (Å²) < 4.78 is 5.83. The number of likely N-dealkylation sites (N-methyl/N-ethyl adjacent to an activating group) is 1. The summed E-state index contributed by atoms with van der Waals surface area (Å²) in [6.07, 6.45) is 0. The monoisotopic (exact) mass is 411 g/mol. The van der Waals surface area contributed by atoms with Crippen molar-refractivity contribution in [2.45, 2.75) is 6.92 Å². The fourth-order valence-corrected chi connectivity index (χ4v) is 3.12. The predicted octanol–water partition coefficient (Wildman–Crippen LogP) is 2.54. The number of nitrogens with one attached hydrogen (secondary N) is 1. The van der Waals surface area contributed by atoms with E-state index in [1.807, 2.05) is 42.3 Å². The summed E-state index contributed by atoms with van der Waals surface area (Å²) in [4.78, 5) is 27.7. The Labute approximate surface area is 172 Å². The van der Waals surface area contributed by atoms with Crippen LogP contribution in [0.15, 0.2) is 64.7 Å². The largest absolute Gasteiger partial charge is 0.441 e. The van der Waals surface area contributed by atoms with Gasteiger partial charge in [-0.2, -0.15) is 4.99 Å². The van der Waals surface area contributed by atoms with E-state index >= 15 is 0 Å². The number of para-hydroxylation sites is 1. The Hall–Kier alpha value is -3.33. The first-order valence-corrected chi connectivity index (χ1v) is 9.98. The third-order valence-electron chi connectivity index (χ3n) is 3.89. The molecule has 1 aliphatic rings. The number of benzene rings is 2. The number of ether oxygens (including phenoxy) is 1. The minimum absolute atomic E-state index is 0.135. The number of primary amides is 1. The van der Waals surface area contributed by atoms with Gasteiger partial charge in [-0.05, 0) is 43.3 Å². The molecule has 2 aromatic carbocycles. The molecule has 0 bridgehead atoms. The number of carbonyl (C=O) groups excluding carboxylic acids is 2. The molecule has 2 amide bonds. The van der Waals surface area contributed by atoms with Crippen LogP contribution in [-0.4, -0.2) is 46.7 Å². The average molecular weight is 411 g/mol. The van der Waals surface area contributed by atoms with Gasteiger partial charge < -0.3 is 15.8 Å². The van der Waals surface area contributed by atoms with E-state index in [1.54, 1.807) is 24.3 Å². The molecule has 2 aromatic rings. The lowest BCUT2D eigenvalue weighted by atomic mass is 10.2. The molecule has 0 saturated heterocycles. The van der Waals surface area contributed by atoms with Gasteiger partial charge in [-0.3, -0.25) is 14.6 Å². The molecular formula is C20H21N5O3S. The van der Waals surface area contributed by atoms with E-state index in [0.717, 1.165) is 0 Å². The molecule has 0 unspecified atom stereocenters. The van der Waals surface area contributed by atoms with Crippen LogP contribution in [-0.2, 0) is 4.79 Å². The van der Waals surface area contributed by atoms with E-state index < -0.39 is 5.91 Å². The molecule has 0 fully saturated rings. The van der Waals surface area contributed by atoms with Crippen molar-refractivity contribution in [3.05, 3.63) is 60.2 Å². The third kappa shape index (κ3) is 6.08. The van der Waals surface area contributed by atoms with Gasteiger partial charge in [-0.25, -0.2) is 0 Å². The molecule has 3 N–H and O–H groups in total. The quantitative estimate of drug-likeness (QED) is 0.759. The Bertz CT molecular complexity index is 929. The number of hydrogen-bond acceptors (Lipinski definition) is 7. The van der Waals surface area contributed by atoms with Crippen LogP contribution in [0.4, 0.5) is 5.69 Å². The second kappa shape index (κ2) is 9.74. The molecule has 29 heavy (non-hydrogen) atoms. The first kappa shape index (κ1) is 20.4. The molecule has 0 radical (unpaired) electrons. The number of aliphatic imine (C=N–C) groups is 1. The van der Waals surface area contributed by atoms with E-state index in [-0.39, 0.29) is 11.7 Å². The number of carbonyl (C=O) groups is 2. The number of hydrazone groups is 1. The van der Waals surface area contributed by atoms with Crippen molar-refractivity contribution in [1.82, 2.24) is 5.01 Å². The fraction of sp³-hybridized carbons (Fsp3) is 0.200. The van der Waals surface area contributed by atoms with E-state index in [2.05, 4.69) is 15.4 Å². The van der Waals surface area contributed by atoms with Crippen molar-refractivity contribution in [3.8, 4) is 5.75 Å². The maximum Gasteiger partial charge on any atom is 0.248 e. The van der Waals surface area contributed by atoms with E-state index in [4.69, 9.17) is 10.5 Å². The topological polar surface area (TPSA) is 109 Å². The molecule has 0 atom stereocenters. The lowest BCUT2D eigenvalue weighted by Crippen LogP contribution is -2.33. The summed E-state index contributed by atoms with van der Waals surface area (Å²) in [7, 11) is 0. The van der Waals surface area contributed by atoms with Gasteiger partial charge in [-0.15, -0.1) is 5.10 Å². The minimum Gasteiger partial charge on any atom is -0.441 e. The maximum atomic E-state index is 12.2. The van der Waals surface area contributed by atoms with Crippen molar-refractivity contribution in [1.29, 1.82) is 0 Å². The van der Waals surface area contributed by atoms with Crippen LogP contribution in [0.5, 0.6) is 5.75 Å². The lowest BCUT2D eigenvalue weighted by Gasteiger charge is -2.23. The summed E-state index contributed by atoms with van der Waals surface area (Å²) >= 11 is 1.22. The van der Waals surface area contributed by atoms with Crippen molar-refractivity contribution in [3.63, 3.8) is 0 Å². The van der Waals surface area contributed by atoms with Gasteiger partial charge in [-0.1, -0.05) is 30.0 Å². The number of rotatable bonds is 6. The number of amides is 2. The van der Waals surface area contributed by atoms with Gasteiger partial charge in [0.25, 0.3) is 0 Å². The Morgan fingerprint density at radius 2 is 1.90 bits per heavy atom. The van der Waals surface area contributed by atoms with Crippen LogP contribution < -0.4 is 15.8 Å². The molecule has 0 spiro atoms. The number of anilines is 1. The van der Waals surface area contributed by atoms with Gasteiger partial charge in [0.05, 0.1) is 5.75 Å². The molecule has 0 aromatic heterocycles. The van der Waals surface area contributed by atoms with Crippen LogP contribution in [0.2, 0.25) is 0 Å². The molecule has 1 aliphatic heterocycles. The first-order chi connectivity index (χ1) is 14.0. The Morgan fingerprint density at radius 1 is 1.17 bits per heavy atom. The highest BCUT2D eigenvalue weighted by atomic mass is 32.2. The Balaban J connectivity index is 1.58. The molecule has 0 aliphatic carbocycles. The van der Waals surface area contributed by atoms with Crippen molar-refractivity contribution in [2.24, 2.45) is 15.8 Å². The minimum atomic E-state index is -0.513. The molecule has 9 heteroatoms. The van der Waals surface area contributed by atoms with Gasteiger partial charge >= 0.3 is 0 Å². The number of thioether (sulfide) groups is 1. The zero-order valence-electron chi connectivity index (χ0n) is 15.9. The zero-order valence-corrected chi connectivity index (χ0v) is 16.7. The Morgan fingerprint density at radius 3 is 2.55 bits per heavy atom. The number of amidine groups is 1. The summed E-state index contributed by atoms with van der Waals surface area (Å²) in [6.45, 7) is 3.15. The smallest absolute Gasteiger partial charge is 0.248 e. The van der Waals surface area contributed by atoms with Gasteiger partial charge in [0.1, 0.15) is 12.3 Å². The van der Waals surface area contributed by atoms with Crippen molar-refractivity contribution in [2.75, 3.05) is 24.2 Å². The van der Waals surface area contributed by atoms with Crippen LogP contribution in [0, 0.1) is 0 Å². The van der Waals surface area contributed by atoms with Gasteiger partial charge in [0, 0.05) is 17.8 Å². The molecule has 3 rings (SSSR count). The number of nitrogens with two attached hydrogens (primary N) is 1. The third-order valence-corrected chi connectivity index (χ3v) is 4.73. The first-order valence-electron chi connectivity index (χ1n) is 9.00. The normalized spacial score (nSPS) is 13.3. The molecule has 1 heterocycles. The van der Waals surface area contributed by atoms with E-state index in [1.165, 1.54) is 11.8 Å². The highest BCUT2D eigenvalue weighted by Crippen LogP contribution is 2.16. The highest BCUT2D eigenvalue weighted by Gasteiger charge is 2.17. The molecule has 8 nitrogen and oxygen atoms in total. The lowest BCUT2D eigenvalue weighted by molar-refractivity contribution is -0.113. The Kier molecular flexibility index (Phi) is 6.85. The highest BCUT2D eigenvalue weighted by molar-refractivity contribution is 8.14. The standard InChI is InChI=1S/C20H21N5O3S/c1-2-25-12-18(28-16-6-4-3-5-7-16)23-20(24-25)29-13-17(26)22-15-10-8-14(9-11-15)19(21)27/h3-11H,2,12-13H2,1H3,(H2,21,27)(H,22,26). The fourth-order valence-electron chi connectivity index (χ4n) is 2.45. The van der Waals surface area contributed by atoms with Gasteiger partial charge in [0.15, 0.2) is 0 Å². The maximum absolute atomic E-state index is 12.2. The van der Waals surface area contributed by atoms with Crippen molar-refractivity contribution < 1.29 is 14.3 Å². The molecule has 0 saturated carbocycles. The summed E-state index contributed by atoms with van der Waals surface area (Å²) in [6, 6.07) is 15.8. The second-order valence-electron chi connectivity index (χ2n) is 6.06. The number of hydrogen-bond donors (Lipinski definition) is 2.